The fourth-order valence-electron chi connectivity index (χ4n) is 5.94. The molecule has 0 aliphatic rings. The topological polar surface area (TPSA) is 78.9 Å². The van der Waals surface area contributed by atoms with Crippen LogP contribution in [0.3, 0.4) is 0 Å². The Balaban J connectivity index is 4.59. The lowest BCUT2D eigenvalue weighted by Gasteiger charge is -2.18. The molecule has 0 N–H and O–H groups in total. The molecule has 6 heteroatoms. The van der Waals surface area contributed by atoms with Crippen molar-refractivity contribution < 1.29 is 28.6 Å². The normalized spacial score (nSPS) is 13.3. The zero-order valence-corrected chi connectivity index (χ0v) is 39.3. The molecule has 0 rings (SSSR count). The second-order valence-electron chi connectivity index (χ2n) is 15.5. The summed E-state index contributed by atoms with van der Waals surface area (Å²) in [7, 11) is 0. The Morgan fingerprint density at radius 1 is 0.355 bits per heavy atom. The molecule has 6 nitrogen and oxygen atoms in total. The van der Waals surface area contributed by atoms with E-state index in [1.807, 2.05) is 79.0 Å². The van der Waals surface area contributed by atoms with Gasteiger partial charge >= 0.3 is 17.9 Å². The fraction of sp³-hybridized carbons (Fsp3) is 0.554. The van der Waals surface area contributed by atoms with Crippen molar-refractivity contribution in [3.05, 3.63) is 134 Å². The lowest BCUT2D eigenvalue weighted by Crippen LogP contribution is -2.30. The minimum Gasteiger partial charge on any atom is -0.462 e. The summed E-state index contributed by atoms with van der Waals surface area (Å²) in [5.41, 5.74) is 0. The van der Waals surface area contributed by atoms with Gasteiger partial charge in [-0.3, -0.25) is 14.4 Å². The second-order valence-corrected chi connectivity index (χ2v) is 15.5. The van der Waals surface area contributed by atoms with Gasteiger partial charge in [-0.15, -0.1) is 0 Å². The van der Waals surface area contributed by atoms with E-state index in [1.54, 1.807) is 0 Å². The minimum absolute atomic E-state index is 0.130. The van der Waals surface area contributed by atoms with Gasteiger partial charge in [0, 0.05) is 19.3 Å². The summed E-state index contributed by atoms with van der Waals surface area (Å²) >= 11 is 0. The van der Waals surface area contributed by atoms with Crippen LogP contribution in [-0.2, 0) is 28.6 Å². The highest BCUT2D eigenvalue weighted by Crippen LogP contribution is 2.11. The number of rotatable bonds is 41. The van der Waals surface area contributed by atoms with Crippen LogP contribution in [0.15, 0.2) is 134 Å². The molecular weight excluding hydrogens is 769 g/mol. The first-order valence-electron chi connectivity index (χ1n) is 24.3. The van der Waals surface area contributed by atoms with Crippen LogP contribution in [0.25, 0.3) is 0 Å². The molecule has 0 aliphatic carbocycles. The molecule has 0 aromatic heterocycles. The molecule has 0 aromatic carbocycles. The maximum absolute atomic E-state index is 12.7. The van der Waals surface area contributed by atoms with Crippen LogP contribution >= 0.6 is 0 Å². The Labute approximate surface area is 379 Å². The minimum atomic E-state index is -0.836. The number of carbonyl (C=O) groups is 3. The standard InChI is InChI=1S/C56H86O6/c1-4-7-10-13-16-19-22-25-26-27-28-29-32-34-37-40-43-46-49-55(58)61-52-53(62-56(59)50-47-44-41-38-35-31-24-21-18-15-12-9-6-3)51-60-54(57)48-45-42-39-36-33-30-23-20-17-14-11-8-5-2/h9-10,12-13,15-16,18-19,21-22,24-31,33,35,39,42,53H,4-8,11,14,17,20,23,32,34,36-38,40-41,43-52H2,1-3H3/b12-9+,13-10+,18-15+,19-16+,24-21+,25-22+,27-26+,29-28+,33-30+,35-31+,42-39+. The first kappa shape index (κ1) is 57.5. The van der Waals surface area contributed by atoms with Crippen LogP contribution in [0.4, 0.5) is 0 Å². The summed E-state index contributed by atoms with van der Waals surface area (Å²) in [6.07, 6.45) is 68.7. The van der Waals surface area contributed by atoms with Gasteiger partial charge in [0.05, 0.1) is 0 Å². The third kappa shape index (κ3) is 46.6. The van der Waals surface area contributed by atoms with E-state index in [4.69, 9.17) is 14.2 Å². The van der Waals surface area contributed by atoms with E-state index in [-0.39, 0.29) is 44.0 Å². The Kier molecular flexibility index (Phi) is 45.7. The number of carbonyl (C=O) groups excluding carboxylic acids is 3. The molecule has 0 aliphatic heterocycles. The Hall–Kier alpha value is -4.45. The zero-order chi connectivity index (χ0) is 45.1. The quantitative estimate of drug-likeness (QED) is 0.0200. The number of hydrogen-bond donors (Lipinski definition) is 0. The van der Waals surface area contributed by atoms with Crippen molar-refractivity contribution in [3.63, 3.8) is 0 Å². The molecule has 0 fully saturated rings. The van der Waals surface area contributed by atoms with Crippen molar-refractivity contribution in [2.24, 2.45) is 0 Å². The lowest BCUT2D eigenvalue weighted by molar-refractivity contribution is -0.166. The van der Waals surface area contributed by atoms with E-state index in [9.17, 15) is 14.4 Å². The van der Waals surface area contributed by atoms with Gasteiger partial charge in [-0.2, -0.15) is 0 Å². The number of esters is 3. The fourth-order valence-corrected chi connectivity index (χ4v) is 5.94. The summed E-state index contributed by atoms with van der Waals surface area (Å²) in [6, 6.07) is 0. The average Bonchev–Trinajstić information content (AvgIpc) is 3.27. The molecule has 0 heterocycles. The number of unbranched alkanes of at least 4 members (excludes halogenated alkanes) is 15. The van der Waals surface area contributed by atoms with Gasteiger partial charge in [-0.25, -0.2) is 0 Å². The highest BCUT2D eigenvalue weighted by molar-refractivity contribution is 5.71. The van der Waals surface area contributed by atoms with Crippen LogP contribution in [-0.4, -0.2) is 37.2 Å². The van der Waals surface area contributed by atoms with Crippen molar-refractivity contribution >= 4 is 17.9 Å². The van der Waals surface area contributed by atoms with Crippen LogP contribution in [0.2, 0.25) is 0 Å². The van der Waals surface area contributed by atoms with Crippen LogP contribution in [0.5, 0.6) is 0 Å². The van der Waals surface area contributed by atoms with Gasteiger partial charge < -0.3 is 14.2 Å². The van der Waals surface area contributed by atoms with Crippen LogP contribution in [0, 0.1) is 0 Å². The molecule has 0 bridgehead atoms. The predicted molar refractivity (Wildman–Crippen MR) is 265 cm³/mol. The highest BCUT2D eigenvalue weighted by atomic mass is 16.6. The summed E-state index contributed by atoms with van der Waals surface area (Å²) in [5.74, 6) is -1.08. The van der Waals surface area contributed by atoms with Gasteiger partial charge in [0.15, 0.2) is 6.10 Å². The molecule has 0 aromatic rings. The van der Waals surface area contributed by atoms with Crippen LogP contribution < -0.4 is 0 Å². The summed E-state index contributed by atoms with van der Waals surface area (Å²) in [5, 5.41) is 0. The largest absolute Gasteiger partial charge is 0.462 e. The van der Waals surface area contributed by atoms with Gasteiger partial charge in [-0.1, -0.05) is 219 Å². The SMILES string of the molecule is CC/C=C/C=C/C=C/C=C/CCCCCC(=O)OC(COC(=O)CC/C=C/C/C=C/CCCCCCCC)COC(=O)CCCCCCC/C=C/C=C/C=C/C=C/C=C/CCC. The monoisotopic (exact) mass is 855 g/mol. The van der Waals surface area contributed by atoms with Gasteiger partial charge in [0.1, 0.15) is 13.2 Å². The molecule has 0 saturated carbocycles. The van der Waals surface area contributed by atoms with E-state index in [0.717, 1.165) is 83.5 Å². The lowest BCUT2D eigenvalue weighted by atomic mass is 10.1. The first-order chi connectivity index (χ1) is 30.5. The summed E-state index contributed by atoms with van der Waals surface area (Å²) < 4.78 is 16.6. The van der Waals surface area contributed by atoms with E-state index >= 15 is 0 Å². The van der Waals surface area contributed by atoms with Crippen molar-refractivity contribution in [2.45, 2.75) is 187 Å². The highest BCUT2D eigenvalue weighted by Gasteiger charge is 2.19. The molecule has 346 valence electrons. The average molecular weight is 855 g/mol. The summed E-state index contributed by atoms with van der Waals surface area (Å²) in [4.78, 5) is 37.8. The molecule has 1 unspecified atom stereocenters. The van der Waals surface area contributed by atoms with Crippen molar-refractivity contribution in [2.75, 3.05) is 13.2 Å². The second kappa shape index (κ2) is 49.2. The molecular formula is C56H86O6. The third-order valence-corrected chi connectivity index (χ3v) is 9.58. The molecule has 0 spiro atoms. The number of hydrogen-bond acceptors (Lipinski definition) is 6. The van der Waals surface area contributed by atoms with Crippen LogP contribution in [0.1, 0.15) is 181 Å². The Bertz CT molecular complexity index is 1400. The van der Waals surface area contributed by atoms with Crippen molar-refractivity contribution in [3.8, 4) is 0 Å². The molecule has 0 saturated heterocycles. The molecule has 62 heavy (non-hydrogen) atoms. The first-order valence-corrected chi connectivity index (χ1v) is 24.3. The van der Waals surface area contributed by atoms with Gasteiger partial charge in [0.25, 0.3) is 0 Å². The number of ether oxygens (including phenoxy) is 3. The smallest absolute Gasteiger partial charge is 0.306 e. The third-order valence-electron chi connectivity index (χ3n) is 9.58. The maximum Gasteiger partial charge on any atom is 0.306 e. The molecule has 0 radical (unpaired) electrons. The Morgan fingerprint density at radius 2 is 0.758 bits per heavy atom. The van der Waals surface area contributed by atoms with Gasteiger partial charge in [0.2, 0.25) is 0 Å². The van der Waals surface area contributed by atoms with E-state index in [2.05, 4.69) is 75.5 Å². The van der Waals surface area contributed by atoms with E-state index in [0.29, 0.717) is 19.3 Å². The molecule has 0 amide bonds. The maximum atomic E-state index is 12.7. The number of allylic oxidation sites excluding steroid dienone is 22. The van der Waals surface area contributed by atoms with Crippen molar-refractivity contribution in [1.29, 1.82) is 0 Å². The summed E-state index contributed by atoms with van der Waals surface area (Å²) in [6.45, 7) is 6.26. The van der Waals surface area contributed by atoms with E-state index < -0.39 is 6.10 Å². The van der Waals surface area contributed by atoms with E-state index in [1.165, 1.54) is 44.9 Å². The van der Waals surface area contributed by atoms with Gasteiger partial charge in [-0.05, 0) is 77.0 Å². The van der Waals surface area contributed by atoms with Crippen molar-refractivity contribution in [1.82, 2.24) is 0 Å². The molecule has 1 atom stereocenters. The zero-order valence-electron chi connectivity index (χ0n) is 39.3. The Morgan fingerprint density at radius 3 is 1.29 bits per heavy atom. The predicted octanol–water partition coefficient (Wildman–Crippen LogP) is 15.9.